The van der Waals surface area contributed by atoms with Gasteiger partial charge in [-0.05, 0) is 17.5 Å². The molecule has 0 amide bonds. The Labute approximate surface area is 119 Å². The van der Waals surface area contributed by atoms with Crippen molar-refractivity contribution in [1.82, 2.24) is 4.98 Å². The van der Waals surface area contributed by atoms with Gasteiger partial charge in [0, 0.05) is 32.3 Å². The molecule has 0 bridgehead atoms. The van der Waals surface area contributed by atoms with Crippen LogP contribution in [0, 0.1) is 5.92 Å². The largest absolute Gasteiger partial charge is 0.383 e. The number of hydrogen-bond donors (Lipinski definition) is 0. The fourth-order valence-corrected chi connectivity index (χ4v) is 2.16. The van der Waals surface area contributed by atoms with Gasteiger partial charge in [-0.1, -0.05) is 25.4 Å². The minimum Gasteiger partial charge on any atom is -0.383 e. The molecule has 0 spiro atoms. The fraction of sp³-hybridized carbons (Fsp3) is 0.615. The Morgan fingerprint density at radius 3 is 2.67 bits per heavy atom. The van der Waals surface area contributed by atoms with Gasteiger partial charge in [0.2, 0.25) is 0 Å². The maximum atomic E-state index is 6.26. The van der Waals surface area contributed by atoms with Gasteiger partial charge in [-0.25, -0.2) is 4.98 Å². The quantitative estimate of drug-likeness (QED) is 0.718. The molecule has 3 nitrogen and oxygen atoms in total. The maximum Gasteiger partial charge on any atom is 0.147 e. The summed E-state index contributed by atoms with van der Waals surface area (Å²) < 4.78 is 5.13. The van der Waals surface area contributed by atoms with E-state index in [9.17, 15) is 0 Å². The minimum absolute atomic E-state index is 0.426. The van der Waals surface area contributed by atoms with Crippen LogP contribution >= 0.6 is 23.2 Å². The zero-order valence-corrected chi connectivity index (χ0v) is 12.6. The van der Waals surface area contributed by atoms with Crippen LogP contribution in [-0.2, 0) is 10.6 Å². The van der Waals surface area contributed by atoms with Crippen LogP contribution in [0.15, 0.2) is 12.3 Å². The summed E-state index contributed by atoms with van der Waals surface area (Å²) in [5, 5.41) is 0.643. The summed E-state index contributed by atoms with van der Waals surface area (Å²) in [5.41, 5.74) is 0.932. The van der Waals surface area contributed by atoms with Crippen LogP contribution in [-0.4, -0.2) is 31.8 Å². The van der Waals surface area contributed by atoms with Gasteiger partial charge >= 0.3 is 0 Å². The predicted octanol–water partition coefficient (Wildman–Crippen LogP) is 3.58. The first-order valence-electron chi connectivity index (χ1n) is 6.02. The van der Waals surface area contributed by atoms with E-state index in [1.54, 1.807) is 13.3 Å². The van der Waals surface area contributed by atoms with Gasteiger partial charge in [-0.15, -0.1) is 11.6 Å². The van der Waals surface area contributed by atoms with Gasteiger partial charge in [0.15, 0.2) is 0 Å². The molecule has 1 heterocycles. The smallest absolute Gasteiger partial charge is 0.147 e. The van der Waals surface area contributed by atoms with Crippen LogP contribution in [0.3, 0.4) is 0 Å². The second-order valence-corrected chi connectivity index (χ2v) is 5.29. The number of hydrogen-bond acceptors (Lipinski definition) is 3. The summed E-state index contributed by atoms with van der Waals surface area (Å²) >= 11 is 12.0. The summed E-state index contributed by atoms with van der Waals surface area (Å²) in [6, 6.07) is 1.87. The molecule has 0 aliphatic carbocycles. The van der Waals surface area contributed by atoms with Gasteiger partial charge < -0.3 is 9.64 Å². The van der Waals surface area contributed by atoms with Crippen molar-refractivity contribution in [1.29, 1.82) is 0 Å². The Morgan fingerprint density at radius 1 is 1.44 bits per heavy atom. The Bertz CT molecular complexity index is 372. The first kappa shape index (κ1) is 15.5. The van der Waals surface area contributed by atoms with Crippen molar-refractivity contribution in [3.63, 3.8) is 0 Å². The summed E-state index contributed by atoms with van der Waals surface area (Å²) in [4.78, 5) is 6.56. The van der Waals surface area contributed by atoms with E-state index >= 15 is 0 Å². The van der Waals surface area contributed by atoms with Gasteiger partial charge in [0.25, 0.3) is 0 Å². The van der Waals surface area contributed by atoms with Gasteiger partial charge in [0.05, 0.1) is 11.6 Å². The maximum absolute atomic E-state index is 6.26. The number of pyridine rings is 1. The topological polar surface area (TPSA) is 25.4 Å². The van der Waals surface area contributed by atoms with Gasteiger partial charge in [-0.2, -0.15) is 0 Å². The highest BCUT2D eigenvalue weighted by Gasteiger charge is 2.13. The molecule has 0 fully saturated rings. The third-order valence-corrected chi connectivity index (χ3v) is 3.07. The molecule has 0 atom stereocenters. The van der Waals surface area contributed by atoms with E-state index in [0.717, 1.165) is 24.5 Å². The van der Waals surface area contributed by atoms with Crippen molar-refractivity contribution in [2.45, 2.75) is 19.7 Å². The number of aromatic nitrogens is 1. The molecule has 18 heavy (non-hydrogen) atoms. The lowest BCUT2D eigenvalue weighted by Crippen LogP contribution is -2.32. The number of methoxy groups -OCH3 is 1. The van der Waals surface area contributed by atoms with Crippen LogP contribution in [0.25, 0.3) is 0 Å². The molecule has 5 heteroatoms. The summed E-state index contributed by atoms with van der Waals surface area (Å²) in [6.07, 6.45) is 1.77. The number of ether oxygens (including phenoxy) is 1. The Morgan fingerprint density at radius 2 is 2.17 bits per heavy atom. The Balaban J connectivity index is 2.89. The molecular formula is C13H20Cl2N2O. The number of rotatable bonds is 7. The van der Waals surface area contributed by atoms with Crippen molar-refractivity contribution < 1.29 is 4.74 Å². The molecule has 0 saturated carbocycles. The molecule has 1 rings (SSSR count). The molecular weight excluding hydrogens is 271 g/mol. The zero-order chi connectivity index (χ0) is 13.5. The molecule has 0 unspecified atom stereocenters. The van der Waals surface area contributed by atoms with Crippen molar-refractivity contribution in [3.8, 4) is 0 Å². The molecule has 102 valence electrons. The van der Waals surface area contributed by atoms with E-state index in [2.05, 4.69) is 23.7 Å². The molecule has 0 N–H and O–H groups in total. The lowest BCUT2D eigenvalue weighted by molar-refractivity contribution is 0.204. The predicted molar refractivity (Wildman–Crippen MR) is 77.7 cm³/mol. The summed E-state index contributed by atoms with van der Waals surface area (Å²) in [6.45, 7) is 6.67. The van der Waals surface area contributed by atoms with Crippen molar-refractivity contribution in [2.75, 3.05) is 31.7 Å². The molecule has 0 aromatic carbocycles. The second kappa shape index (κ2) is 7.82. The number of anilines is 1. The number of halogens is 2. The van der Waals surface area contributed by atoms with Crippen molar-refractivity contribution in [3.05, 3.63) is 22.8 Å². The van der Waals surface area contributed by atoms with Gasteiger partial charge in [0.1, 0.15) is 5.82 Å². The third kappa shape index (κ3) is 4.63. The lowest BCUT2D eigenvalue weighted by Gasteiger charge is -2.26. The molecule has 0 aliphatic rings. The minimum atomic E-state index is 0.426. The van der Waals surface area contributed by atoms with E-state index in [1.165, 1.54) is 0 Å². The SMILES string of the molecule is COCCN(CC(C)C)c1ncc(CCl)cc1Cl. The van der Waals surface area contributed by atoms with Gasteiger partial charge in [-0.3, -0.25) is 0 Å². The number of nitrogens with zero attached hydrogens (tertiary/aromatic N) is 2. The molecule has 0 aliphatic heterocycles. The number of alkyl halides is 1. The first-order valence-corrected chi connectivity index (χ1v) is 6.94. The zero-order valence-electron chi connectivity index (χ0n) is 11.1. The average molecular weight is 291 g/mol. The second-order valence-electron chi connectivity index (χ2n) is 4.62. The lowest BCUT2D eigenvalue weighted by atomic mass is 10.2. The van der Waals surface area contributed by atoms with E-state index in [0.29, 0.717) is 23.4 Å². The van der Waals surface area contributed by atoms with E-state index in [1.807, 2.05) is 6.07 Å². The van der Waals surface area contributed by atoms with E-state index in [4.69, 9.17) is 27.9 Å². The van der Waals surface area contributed by atoms with Crippen LogP contribution in [0.1, 0.15) is 19.4 Å². The van der Waals surface area contributed by atoms with E-state index in [-0.39, 0.29) is 0 Å². The average Bonchev–Trinajstić information content (AvgIpc) is 2.34. The molecule has 1 aromatic rings. The Kier molecular flexibility index (Phi) is 6.76. The van der Waals surface area contributed by atoms with Crippen LogP contribution in [0.2, 0.25) is 5.02 Å². The van der Waals surface area contributed by atoms with E-state index < -0.39 is 0 Å². The standard InChI is InChI=1S/C13H20Cl2N2O/c1-10(2)9-17(4-5-18-3)13-12(15)6-11(7-14)8-16-13/h6,8,10H,4-5,7,9H2,1-3H3. The van der Waals surface area contributed by atoms with Crippen molar-refractivity contribution >= 4 is 29.0 Å². The first-order chi connectivity index (χ1) is 8.58. The van der Waals surface area contributed by atoms with Crippen molar-refractivity contribution in [2.24, 2.45) is 5.92 Å². The molecule has 1 aromatic heterocycles. The van der Waals surface area contributed by atoms with Crippen LogP contribution in [0.5, 0.6) is 0 Å². The molecule has 0 saturated heterocycles. The Hall–Kier alpha value is -0.510. The monoisotopic (exact) mass is 290 g/mol. The highest BCUT2D eigenvalue weighted by molar-refractivity contribution is 6.33. The molecule has 0 radical (unpaired) electrons. The van der Waals surface area contributed by atoms with Crippen LogP contribution in [0.4, 0.5) is 5.82 Å². The summed E-state index contributed by atoms with van der Waals surface area (Å²) in [7, 11) is 1.69. The van der Waals surface area contributed by atoms with Crippen LogP contribution < -0.4 is 4.90 Å². The normalized spacial score (nSPS) is 11.0. The highest BCUT2D eigenvalue weighted by atomic mass is 35.5. The third-order valence-electron chi connectivity index (χ3n) is 2.48. The highest BCUT2D eigenvalue weighted by Crippen LogP contribution is 2.25. The summed E-state index contributed by atoms with van der Waals surface area (Å²) in [5.74, 6) is 1.76. The fourth-order valence-electron chi connectivity index (χ4n) is 1.70.